The van der Waals surface area contributed by atoms with E-state index in [2.05, 4.69) is 9.39 Å². The van der Waals surface area contributed by atoms with E-state index in [9.17, 15) is 13.2 Å². The molecule has 0 bridgehead atoms. The Balaban J connectivity index is 1.64. The van der Waals surface area contributed by atoms with Crippen molar-refractivity contribution in [3.05, 3.63) is 63.7 Å². The minimum Gasteiger partial charge on any atom is -0.493 e. The number of rotatable bonds is 5. The van der Waals surface area contributed by atoms with Gasteiger partial charge in [-0.25, -0.2) is 13.3 Å². The summed E-state index contributed by atoms with van der Waals surface area (Å²) in [6.07, 6.45) is 2.37. The maximum atomic E-state index is 12.6. The van der Waals surface area contributed by atoms with Crippen LogP contribution >= 0.6 is 23.5 Å². The molecule has 0 aliphatic carbocycles. The molecular formula is C22H19ClN4O5S2. The zero-order valence-electron chi connectivity index (χ0n) is 18.3. The predicted octanol–water partition coefficient (Wildman–Crippen LogP) is 3.86. The molecular weight excluding hydrogens is 500 g/mol. The van der Waals surface area contributed by atoms with Crippen molar-refractivity contribution in [3.8, 4) is 11.5 Å². The van der Waals surface area contributed by atoms with Crippen LogP contribution in [0.3, 0.4) is 0 Å². The van der Waals surface area contributed by atoms with Gasteiger partial charge in [0.05, 0.1) is 29.7 Å². The molecule has 2 heterocycles. The van der Waals surface area contributed by atoms with E-state index in [1.54, 1.807) is 12.1 Å². The number of amidine groups is 3. The van der Waals surface area contributed by atoms with Crippen LogP contribution in [-0.2, 0) is 21.2 Å². The number of sulfone groups is 1. The fourth-order valence-corrected chi connectivity index (χ4v) is 5.33. The lowest BCUT2D eigenvalue weighted by atomic mass is 10.1. The molecule has 4 rings (SSSR count). The molecule has 0 saturated carbocycles. The van der Waals surface area contributed by atoms with Gasteiger partial charge in [0.15, 0.2) is 11.5 Å². The third-order valence-corrected chi connectivity index (χ3v) is 6.93. The van der Waals surface area contributed by atoms with Crippen molar-refractivity contribution in [1.29, 1.82) is 5.41 Å². The monoisotopic (exact) mass is 518 g/mol. The van der Waals surface area contributed by atoms with E-state index in [0.717, 1.165) is 34.2 Å². The molecule has 0 atom stereocenters. The van der Waals surface area contributed by atoms with Crippen LogP contribution in [0.2, 0.25) is 5.02 Å². The van der Waals surface area contributed by atoms with Crippen LogP contribution in [0.5, 0.6) is 11.5 Å². The minimum atomic E-state index is -3.74. The Morgan fingerprint density at radius 3 is 2.59 bits per heavy atom. The second-order valence-electron chi connectivity index (χ2n) is 7.49. The Kier molecular flexibility index (Phi) is 6.52. The number of aryl methyl sites for hydroxylation is 1. The standard InChI is InChI=1S/C22H19ClN4O5S2/c1-12-4-6-13(7-5-12)11-32-18-16(23)9-14(10-17(18)31-2)8-15-19(24)27-21(25-20(15)28)33-26-22(27)34(3,29)30/h4-10,24H,11H2,1-3H3/b15-8-,24-19?. The highest BCUT2D eigenvalue weighted by atomic mass is 35.5. The van der Waals surface area contributed by atoms with E-state index in [-0.39, 0.29) is 33.4 Å². The molecule has 0 fully saturated rings. The van der Waals surface area contributed by atoms with Crippen molar-refractivity contribution >= 4 is 61.5 Å². The number of amides is 1. The summed E-state index contributed by atoms with van der Waals surface area (Å²) in [4.78, 5) is 17.5. The molecule has 0 saturated heterocycles. The fourth-order valence-electron chi connectivity index (χ4n) is 3.21. The van der Waals surface area contributed by atoms with Gasteiger partial charge < -0.3 is 9.47 Å². The summed E-state index contributed by atoms with van der Waals surface area (Å²) in [6, 6.07) is 11.0. The third kappa shape index (κ3) is 4.72. The molecule has 0 spiro atoms. The maximum Gasteiger partial charge on any atom is 0.283 e. The third-order valence-electron chi connectivity index (χ3n) is 4.89. The van der Waals surface area contributed by atoms with Crippen molar-refractivity contribution in [2.75, 3.05) is 13.4 Å². The van der Waals surface area contributed by atoms with E-state index in [1.807, 2.05) is 31.2 Å². The van der Waals surface area contributed by atoms with E-state index in [1.165, 1.54) is 13.2 Å². The lowest BCUT2D eigenvalue weighted by Crippen LogP contribution is -2.45. The van der Waals surface area contributed by atoms with Crippen molar-refractivity contribution in [2.24, 2.45) is 9.39 Å². The van der Waals surface area contributed by atoms with Crippen molar-refractivity contribution in [3.63, 3.8) is 0 Å². The molecule has 0 aromatic heterocycles. The van der Waals surface area contributed by atoms with Crippen molar-refractivity contribution in [2.45, 2.75) is 13.5 Å². The number of nitrogens with one attached hydrogen (secondary N) is 1. The van der Waals surface area contributed by atoms with Crippen LogP contribution in [0.15, 0.2) is 51.4 Å². The van der Waals surface area contributed by atoms with Gasteiger partial charge in [0, 0.05) is 6.26 Å². The summed E-state index contributed by atoms with van der Waals surface area (Å²) < 4.78 is 39.2. The minimum absolute atomic E-state index is 0.0167. The summed E-state index contributed by atoms with van der Waals surface area (Å²) in [5.41, 5.74) is 2.42. The molecule has 2 aromatic carbocycles. The van der Waals surface area contributed by atoms with Gasteiger partial charge in [-0.15, -0.1) is 0 Å². The summed E-state index contributed by atoms with van der Waals surface area (Å²) in [7, 11) is -2.28. The number of halogens is 1. The zero-order valence-corrected chi connectivity index (χ0v) is 20.7. The van der Waals surface area contributed by atoms with Gasteiger partial charge in [-0.05, 0) is 36.3 Å². The molecule has 2 aliphatic heterocycles. The first-order valence-corrected chi connectivity index (χ1v) is 12.9. The van der Waals surface area contributed by atoms with Gasteiger partial charge in [0.2, 0.25) is 20.2 Å². The van der Waals surface area contributed by atoms with Crippen molar-refractivity contribution in [1.82, 2.24) is 4.90 Å². The van der Waals surface area contributed by atoms with Gasteiger partial charge in [-0.1, -0.05) is 41.4 Å². The summed E-state index contributed by atoms with van der Waals surface area (Å²) in [6.45, 7) is 2.27. The van der Waals surface area contributed by atoms with Gasteiger partial charge in [-0.2, -0.15) is 9.39 Å². The largest absolute Gasteiger partial charge is 0.493 e. The van der Waals surface area contributed by atoms with Crippen LogP contribution in [0.4, 0.5) is 0 Å². The maximum absolute atomic E-state index is 12.6. The van der Waals surface area contributed by atoms with E-state index in [4.69, 9.17) is 26.5 Å². The Bertz CT molecular complexity index is 1400. The predicted molar refractivity (Wildman–Crippen MR) is 133 cm³/mol. The number of hydrogen-bond acceptors (Lipinski definition) is 8. The van der Waals surface area contributed by atoms with Crippen LogP contribution in [0.25, 0.3) is 6.08 Å². The second kappa shape index (κ2) is 9.24. The molecule has 2 aliphatic rings. The topological polar surface area (TPSA) is 121 Å². The molecule has 2 aromatic rings. The van der Waals surface area contributed by atoms with E-state index < -0.39 is 15.7 Å². The number of aliphatic imine (C=N–C) groups is 1. The Hall–Kier alpha value is -3.15. The van der Waals surface area contributed by atoms with Crippen LogP contribution in [0.1, 0.15) is 16.7 Å². The first-order chi connectivity index (χ1) is 16.1. The number of carbonyl (C=O) groups excluding carboxylic acids is 1. The average molecular weight is 519 g/mol. The summed E-state index contributed by atoms with van der Waals surface area (Å²) in [5.74, 6) is -0.373. The Morgan fingerprint density at radius 2 is 1.94 bits per heavy atom. The number of methoxy groups -OCH3 is 1. The normalized spacial score (nSPS) is 16.9. The SMILES string of the molecule is COc1cc(/C=C2/C(=N)N3C(=NC2=O)SN=C3S(C)(=O)=O)cc(Cl)c1OCc1ccc(C)cc1. The summed E-state index contributed by atoms with van der Waals surface area (Å²) in [5, 5.41) is 8.35. The van der Waals surface area contributed by atoms with Gasteiger partial charge >= 0.3 is 0 Å². The number of carbonyl (C=O) groups is 1. The van der Waals surface area contributed by atoms with E-state index >= 15 is 0 Å². The molecule has 1 N–H and O–H groups in total. The molecule has 9 nitrogen and oxygen atoms in total. The molecule has 176 valence electrons. The van der Waals surface area contributed by atoms with Crippen LogP contribution < -0.4 is 9.47 Å². The number of nitrogens with zero attached hydrogens (tertiary/aromatic N) is 3. The van der Waals surface area contributed by atoms with Gasteiger partial charge in [0.25, 0.3) is 5.91 Å². The first kappa shape index (κ1) is 24.0. The Morgan fingerprint density at radius 1 is 1.24 bits per heavy atom. The summed E-state index contributed by atoms with van der Waals surface area (Å²) >= 11 is 7.18. The van der Waals surface area contributed by atoms with Crippen LogP contribution in [-0.4, -0.2) is 48.8 Å². The van der Waals surface area contributed by atoms with Crippen LogP contribution in [0, 0.1) is 12.3 Å². The van der Waals surface area contributed by atoms with E-state index in [0.29, 0.717) is 17.1 Å². The highest BCUT2D eigenvalue weighted by molar-refractivity contribution is 8.16. The van der Waals surface area contributed by atoms with Gasteiger partial charge in [-0.3, -0.25) is 10.2 Å². The number of ether oxygens (including phenoxy) is 2. The Labute approximate surface area is 205 Å². The molecule has 1 amide bonds. The van der Waals surface area contributed by atoms with Gasteiger partial charge in [0.1, 0.15) is 12.4 Å². The highest BCUT2D eigenvalue weighted by Gasteiger charge is 2.41. The molecule has 34 heavy (non-hydrogen) atoms. The second-order valence-corrected chi connectivity index (χ2v) is 10.5. The quantitative estimate of drug-likeness (QED) is 0.471. The molecule has 0 radical (unpaired) electrons. The molecule has 0 unspecified atom stereocenters. The fraction of sp³-hybridized carbons (Fsp3) is 0.182. The number of hydrogen-bond donors (Lipinski definition) is 1. The number of benzene rings is 2. The number of fused-ring (bicyclic) bond motifs is 1. The highest BCUT2D eigenvalue weighted by Crippen LogP contribution is 2.38. The van der Waals surface area contributed by atoms with Crippen molar-refractivity contribution < 1.29 is 22.7 Å². The lowest BCUT2D eigenvalue weighted by Gasteiger charge is -2.24. The zero-order chi connectivity index (χ0) is 24.6. The molecule has 12 heteroatoms. The first-order valence-electron chi connectivity index (χ1n) is 9.83. The average Bonchev–Trinajstić information content (AvgIpc) is 3.21. The lowest BCUT2D eigenvalue weighted by molar-refractivity contribution is -0.114. The smallest absolute Gasteiger partial charge is 0.283 e.